The zero-order valence-corrected chi connectivity index (χ0v) is 17.9. The maximum absolute atomic E-state index is 12.9. The van der Waals surface area contributed by atoms with E-state index in [-0.39, 0.29) is 34.3 Å². The molecule has 10 nitrogen and oxygen atoms in total. The number of nitrogens with zero attached hydrogens (tertiary/aromatic N) is 6. The molecule has 3 heterocycles. The Balaban J connectivity index is 1.76. The topological polar surface area (TPSA) is 131 Å². The monoisotopic (exact) mass is 460 g/mol. The Morgan fingerprint density at radius 2 is 2.06 bits per heavy atom. The second-order valence-electron chi connectivity index (χ2n) is 6.88. The van der Waals surface area contributed by atoms with Gasteiger partial charge in [0, 0.05) is 33.9 Å². The third-order valence-corrected chi connectivity index (χ3v) is 4.71. The van der Waals surface area contributed by atoms with Gasteiger partial charge in [0.2, 0.25) is 0 Å². The maximum Gasteiger partial charge on any atom is 0.184 e. The predicted octanol–water partition coefficient (Wildman–Crippen LogP) is 4.23. The normalized spacial score (nSPS) is 13.8. The smallest absolute Gasteiger partial charge is 0.184 e. The molecule has 0 bridgehead atoms. The second kappa shape index (κ2) is 9.79. The van der Waals surface area contributed by atoms with Crippen molar-refractivity contribution < 1.29 is 17.8 Å². The standard InChI is InChI=1S/C24H22N8O2/c1-4-20(33)17-13-26-22(30-21-10-5-7-15(12-25)28-21)11-19(17)29-18-9-6-8-16(23(18)34-3)24-27-14-32(2)31-24/h5-11,13-14H,4H2,1-3H3,(H2,26,28,29,30)/i1D3,2D3. The molecule has 3 aromatic heterocycles. The number of para-hydroxylation sites is 1. The molecule has 0 aliphatic heterocycles. The zero-order chi connectivity index (χ0) is 29.1. The summed E-state index contributed by atoms with van der Waals surface area (Å²) < 4.78 is 51.5. The average molecular weight is 461 g/mol. The van der Waals surface area contributed by atoms with E-state index in [2.05, 4.69) is 30.7 Å². The Bertz CT molecular complexity index is 1590. The molecule has 0 amide bonds. The number of nitriles is 1. The fourth-order valence-corrected chi connectivity index (χ4v) is 3.21. The number of Topliss-reactive ketones (excluding diaryl/α,β-unsaturated/α-hetero) is 1. The molecule has 2 N–H and O–H groups in total. The summed E-state index contributed by atoms with van der Waals surface area (Å²) in [4.78, 5) is 25.4. The number of nitrogens with one attached hydrogen (secondary N) is 2. The van der Waals surface area contributed by atoms with Crippen molar-refractivity contribution in [2.75, 3.05) is 17.7 Å². The van der Waals surface area contributed by atoms with Gasteiger partial charge in [-0.2, -0.15) is 10.4 Å². The molecule has 0 unspecified atom stereocenters. The molecule has 0 radical (unpaired) electrons. The van der Waals surface area contributed by atoms with Crippen LogP contribution in [0, 0.1) is 11.3 Å². The quantitative estimate of drug-likeness (QED) is 0.371. The van der Waals surface area contributed by atoms with Gasteiger partial charge in [0.05, 0.1) is 29.6 Å². The number of rotatable bonds is 8. The summed E-state index contributed by atoms with van der Waals surface area (Å²) in [5, 5.41) is 19.2. The third kappa shape index (κ3) is 4.68. The lowest BCUT2D eigenvalue weighted by Gasteiger charge is -2.17. The lowest BCUT2D eigenvalue weighted by atomic mass is 10.1. The second-order valence-corrected chi connectivity index (χ2v) is 6.88. The lowest BCUT2D eigenvalue weighted by Crippen LogP contribution is -2.07. The SMILES string of the molecule is [2H]C([2H])([2H])CC(=O)c1cnc(Nc2cccc(C#N)n2)cc1Nc1cccc(-c2ncn(C([2H])([2H])[2H])n2)c1OC. The molecule has 0 atom stereocenters. The summed E-state index contributed by atoms with van der Waals surface area (Å²) in [6, 6.07) is 13.2. The van der Waals surface area contributed by atoms with E-state index in [1.54, 1.807) is 30.3 Å². The first-order valence-corrected chi connectivity index (χ1v) is 9.92. The van der Waals surface area contributed by atoms with E-state index >= 15 is 0 Å². The van der Waals surface area contributed by atoms with Crippen LogP contribution in [0.3, 0.4) is 0 Å². The Morgan fingerprint density at radius 3 is 2.82 bits per heavy atom. The highest BCUT2D eigenvalue weighted by molar-refractivity contribution is 6.02. The molecule has 0 aliphatic rings. The molecule has 1 aromatic carbocycles. The minimum Gasteiger partial charge on any atom is -0.494 e. The molecule has 0 aliphatic carbocycles. The number of ketones is 1. The minimum absolute atomic E-state index is 0.0117. The molecule has 34 heavy (non-hydrogen) atoms. The van der Waals surface area contributed by atoms with Crippen molar-refractivity contribution in [1.82, 2.24) is 24.7 Å². The Labute approximate surface area is 204 Å². The van der Waals surface area contributed by atoms with Crippen molar-refractivity contribution in [2.24, 2.45) is 6.98 Å². The van der Waals surface area contributed by atoms with Gasteiger partial charge in [0.25, 0.3) is 0 Å². The van der Waals surface area contributed by atoms with Gasteiger partial charge in [0.15, 0.2) is 17.4 Å². The minimum atomic E-state index is -2.52. The number of pyridine rings is 2. The van der Waals surface area contributed by atoms with Gasteiger partial charge in [-0.3, -0.25) is 9.48 Å². The van der Waals surface area contributed by atoms with Crippen molar-refractivity contribution in [2.45, 2.75) is 13.3 Å². The number of aromatic nitrogens is 5. The first-order chi connectivity index (χ1) is 18.9. The summed E-state index contributed by atoms with van der Waals surface area (Å²) in [5.74, 6) is 0.253. The summed E-state index contributed by atoms with van der Waals surface area (Å²) in [6.07, 6.45) is 1.61. The van der Waals surface area contributed by atoms with Gasteiger partial charge in [-0.05, 0) is 24.3 Å². The molecule has 0 spiro atoms. The number of carbonyl (C=O) groups excluding carboxylic acids is 1. The number of anilines is 4. The Kier molecular flexibility index (Phi) is 4.59. The van der Waals surface area contributed by atoms with E-state index in [0.29, 0.717) is 17.1 Å². The van der Waals surface area contributed by atoms with Crippen LogP contribution < -0.4 is 15.4 Å². The summed E-state index contributed by atoms with van der Waals surface area (Å²) >= 11 is 0. The molecular formula is C24H22N8O2. The van der Waals surface area contributed by atoms with Gasteiger partial charge < -0.3 is 15.4 Å². The van der Waals surface area contributed by atoms with E-state index in [1.165, 1.54) is 25.4 Å². The highest BCUT2D eigenvalue weighted by Crippen LogP contribution is 2.37. The van der Waals surface area contributed by atoms with Crippen LogP contribution in [0.5, 0.6) is 5.75 Å². The van der Waals surface area contributed by atoms with Gasteiger partial charge in [-0.15, -0.1) is 0 Å². The van der Waals surface area contributed by atoms with Crippen molar-refractivity contribution in [1.29, 1.82) is 5.26 Å². The molecular weight excluding hydrogens is 432 g/mol. The number of methoxy groups -OCH3 is 1. The van der Waals surface area contributed by atoms with Gasteiger partial charge >= 0.3 is 0 Å². The first kappa shape index (κ1) is 15.9. The van der Waals surface area contributed by atoms with Gasteiger partial charge in [-0.1, -0.05) is 19.0 Å². The van der Waals surface area contributed by atoms with Gasteiger partial charge in [0.1, 0.15) is 29.7 Å². The predicted molar refractivity (Wildman–Crippen MR) is 127 cm³/mol. The van der Waals surface area contributed by atoms with Gasteiger partial charge in [-0.25, -0.2) is 15.0 Å². The highest BCUT2D eigenvalue weighted by Gasteiger charge is 2.18. The van der Waals surface area contributed by atoms with E-state index in [9.17, 15) is 4.79 Å². The van der Waals surface area contributed by atoms with Crippen LogP contribution in [0.25, 0.3) is 11.4 Å². The number of ether oxygens (including phenoxy) is 1. The van der Waals surface area contributed by atoms with Crippen LogP contribution >= 0.6 is 0 Å². The van der Waals surface area contributed by atoms with Crippen LogP contribution in [0.15, 0.2) is 55.0 Å². The average Bonchev–Trinajstić information content (AvgIpc) is 3.39. The zero-order valence-electron chi connectivity index (χ0n) is 23.9. The molecule has 170 valence electrons. The molecule has 4 aromatic rings. The van der Waals surface area contributed by atoms with Crippen LogP contribution in [0.1, 0.15) is 37.5 Å². The molecule has 0 saturated carbocycles. The molecule has 4 rings (SSSR count). The van der Waals surface area contributed by atoms with Crippen LogP contribution in [0.4, 0.5) is 23.0 Å². The third-order valence-electron chi connectivity index (χ3n) is 4.71. The van der Waals surface area contributed by atoms with E-state index in [1.807, 2.05) is 6.07 Å². The maximum atomic E-state index is 12.9. The summed E-state index contributed by atoms with van der Waals surface area (Å²) in [5.41, 5.74) is 1.13. The summed E-state index contributed by atoms with van der Waals surface area (Å²) in [7, 11) is 1.40. The van der Waals surface area contributed by atoms with Crippen molar-refractivity contribution in [3.8, 4) is 23.2 Å². The van der Waals surface area contributed by atoms with Crippen LogP contribution in [0.2, 0.25) is 0 Å². The van der Waals surface area contributed by atoms with E-state index in [4.69, 9.17) is 18.2 Å². The Hall–Kier alpha value is -4.78. The number of hydrogen-bond acceptors (Lipinski definition) is 9. The van der Waals surface area contributed by atoms with Crippen LogP contribution in [-0.2, 0) is 6.98 Å². The van der Waals surface area contributed by atoms with Crippen molar-refractivity contribution >= 4 is 28.8 Å². The van der Waals surface area contributed by atoms with E-state index < -0.39 is 26.0 Å². The van der Waals surface area contributed by atoms with Crippen molar-refractivity contribution in [3.63, 3.8) is 0 Å². The van der Waals surface area contributed by atoms with Crippen molar-refractivity contribution in [3.05, 3.63) is 66.2 Å². The number of benzene rings is 1. The number of aryl methyl sites for hydroxylation is 1. The summed E-state index contributed by atoms with van der Waals surface area (Å²) in [6.45, 7) is -5.02. The lowest BCUT2D eigenvalue weighted by molar-refractivity contribution is 0.0988. The van der Waals surface area contributed by atoms with E-state index in [0.717, 1.165) is 11.0 Å². The van der Waals surface area contributed by atoms with Crippen LogP contribution in [-0.4, -0.2) is 37.6 Å². The number of carbonyl (C=O) groups is 1. The highest BCUT2D eigenvalue weighted by atomic mass is 16.5. The fraction of sp³-hybridized carbons (Fsp3) is 0.167. The fourth-order valence-electron chi connectivity index (χ4n) is 3.21. The molecule has 10 heteroatoms. The largest absolute Gasteiger partial charge is 0.494 e. The number of hydrogen-bond donors (Lipinski definition) is 2. The molecule has 0 saturated heterocycles. The first-order valence-electron chi connectivity index (χ1n) is 12.9. The Morgan fingerprint density at radius 1 is 1.18 bits per heavy atom. The molecule has 0 fully saturated rings.